The van der Waals surface area contributed by atoms with Crippen LogP contribution in [0.25, 0.3) is 0 Å². The lowest BCUT2D eigenvalue weighted by Crippen LogP contribution is -2.34. The van der Waals surface area contributed by atoms with Crippen molar-refractivity contribution < 1.29 is 4.79 Å². The second-order valence-electron chi connectivity index (χ2n) is 4.26. The summed E-state index contributed by atoms with van der Waals surface area (Å²) in [5.74, 6) is 0.163. The Kier molecular flexibility index (Phi) is 6.32. The van der Waals surface area contributed by atoms with E-state index in [9.17, 15) is 4.79 Å². The van der Waals surface area contributed by atoms with Gasteiger partial charge in [-0.15, -0.1) is 0 Å². The smallest absolute Gasteiger partial charge is 0.224 e. The highest BCUT2D eigenvalue weighted by Crippen LogP contribution is 1.96. The van der Waals surface area contributed by atoms with Gasteiger partial charge in [-0.05, 0) is 19.9 Å². The van der Waals surface area contributed by atoms with E-state index in [4.69, 9.17) is 0 Å². The molecule has 0 fully saturated rings. The molecule has 1 amide bonds. The minimum Gasteiger partial charge on any atom is -0.356 e. The minimum absolute atomic E-state index is 0.0358. The monoisotopic (exact) mass is 238 g/mol. The van der Waals surface area contributed by atoms with Crippen molar-refractivity contribution in [3.8, 4) is 0 Å². The zero-order chi connectivity index (χ0) is 12.5. The van der Waals surface area contributed by atoms with Crippen LogP contribution in [0.4, 0.5) is 0 Å². The molecule has 0 saturated carbocycles. The topological polar surface area (TPSA) is 59.0 Å². The number of amides is 1. The second-order valence-corrected chi connectivity index (χ2v) is 4.26. The van der Waals surface area contributed by atoms with Crippen LogP contribution in [0.1, 0.15) is 19.8 Å². The molecule has 1 rings (SSSR count). The first-order valence-corrected chi connectivity index (χ1v) is 6.12. The Labute approximate surface area is 103 Å². The van der Waals surface area contributed by atoms with Crippen molar-refractivity contribution in [2.45, 2.75) is 26.3 Å². The first-order chi connectivity index (χ1) is 8.24. The molecule has 0 aromatic carbocycles. The number of nitrogens with zero attached hydrogens (tertiary/aromatic N) is 2. The predicted octanol–water partition coefficient (Wildman–Crippen LogP) is 0.635. The molecule has 0 spiro atoms. The fourth-order valence-electron chi connectivity index (χ4n) is 1.62. The van der Waals surface area contributed by atoms with Crippen LogP contribution >= 0.6 is 0 Å². The van der Waals surface area contributed by atoms with Crippen molar-refractivity contribution in [2.24, 2.45) is 5.92 Å². The van der Waals surface area contributed by atoms with E-state index in [-0.39, 0.29) is 11.8 Å². The third-order valence-corrected chi connectivity index (χ3v) is 2.66. The number of imidazole rings is 1. The highest BCUT2D eigenvalue weighted by Gasteiger charge is 2.10. The molecule has 0 bridgehead atoms. The molecule has 1 unspecified atom stereocenters. The maximum atomic E-state index is 11.6. The predicted molar refractivity (Wildman–Crippen MR) is 67.6 cm³/mol. The third-order valence-electron chi connectivity index (χ3n) is 2.66. The van der Waals surface area contributed by atoms with Gasteiger partial charge in [0.15, 0.2) is 0 Å². The van der Waals surface area contributed by atoms with Gasteiger partial charge in [0.2, 0.25) is 5.91 Å². The van der Waals surface area contributed by atoms with Gasteiger partial charge in [0.25, 0.3) is 0 Å². The van der Waals surface area contributed by atoms with Crippen LogP contribution in [0.5, 0.6) is 0 Å². The lowest BCUT2D eigenvalue weighted by Gasteiger charge is -2.11. The number of carbonyl (C=O) groups excluding carboxylic acids is 1. The van der Waals surface area contributed by atoms with Gasteiger partial charge in [-0.2, -0.15) is 0 Å². The zero-order valence-corrected chi connectivity index (χ0v) is 10.6. The summed E-state index contributed by atoms with van der Waals surface area (Å²) >= 11 is 0. The maximum Gasteiger partial charge on any atom is 0.224 e. The number of carbonyl (C=O) groups is 1. The minimum atomic E-state index is 0.0358. The van der Waals surface area contributed by atoms with E-state index in [1.54, 1.807) is 6.20 Å². The summed E-state index contributed by atoms with van der Waals surface area (Å²) in [7, 11) is 1.86. The Morgan fingerprint density at radius 1 is 1.47 bits per heavy atom. The normalized spacial score (nSPS) is 12.4. The number of hydrogen-bond acceptors (Lipinski definition) is 3. The lowest BCUT2D eigenvalue weighted by atomic mass is 10.1. The number of aromatic nitrogens is 2. The van der Waals surface area contributed by atoms with Gasteiger partial charge < -0.3 is 15.2 Å². The summed E-state index contributed by atoms with van der Waals surface area (Å²) in [6.45, 7) is 4.36. The summed E-state index contributed by atoms with van der Waals surface area (Å²) in [6.07, 6.45) is 7.59. The number of nitrogens with one attached hydrogen (secondary N) is 2. The summed E-state index contributed by atoms with van der Waals surface area (Å²) < 4.78 is 2.05. The Balaban J connectivity index is 2.02. The molecule has 1 heterocycles. The molecule has 0 aliphatic rings. The van der Waals surface area contributed by atoms with E-state index >= 15 is 0 Å². The molecule has 1 aromatic rings. The average Bonchev–Trinajstić information content (AvgIpc) is 2.81. The van der Waals surface area contributed by atoms with Crippen molar-refractivity contribution in [3.63, 3.8) is 0 Å². The van der Waals surface area contributed by atoms with Crippen LogP contribution < -0.4 is 10.6 Å². The van der Waals surface area contributed by atoms with Gasteiger partial charge in [-0.3, -0.25) is 4.79 Å². The van der Waals surface area contributed by atoms with Crippen molar-refractivity contribution in [1.82, 2.24) is 20.2 Å². The lowest BCUT2D eigenvalue weighted by molar-refractivity contribution is -0.124. The molecule has 5 heteroatoms. The number of unbranched alkanes of at least 4 members (excludes halogenated alkanes) is 1. The maximum absolute atomic E-state index is 11.6. The third kappa shape index (κ3) is 5.49. The van der Waals surface area contributed by atoms with E-state index in [2.05, 4.69) is 15.6 Å². The molecule has 96 valence electrons. The van der Waals surface area contributed by atoms with E-state index in [0.29, 0.717) is 0 Å². The molecule has 2 N–H and O–H groups in total. The first kappa shape index (κ1) is 13.7. The van der Waals surface area contributed by atoms with Crippen LogP contribution in [0.2, 0.25) is 0 Å². The second kappa shape index (κ2) is 7.84. The van der Waals surface area contributed by atoms with Gasteiger partial charge in [-0.1, -0.05) is 6.92 Å². The number of rotatable bonds is 8. The number of aryl methyl sites for hydroxylation is 1. The Morgan fingerprint density at radius 3 is 2.94 bits per heavy atom. The standard InChI is InChI=1S/C12H22N4O/c1-11(9-13-2)12(17)15-5-3-4-7-16-8-6-14-10-16/h6,8,10-11,13H,3-5,7,9H2,1-2H3,(H,15,17). The van der Waals surface area contributed by atoms with E-state index in [0.717, 1.165) is 32.5 Å². The van der Waals surface area contributed by atoms with Crippen molar-refractivity contribution in [2.75, 3.05) is 20.1 Å². The van der Waals surface area contributed by atoms with Crippen LogP contribution in [0.3, 0.4) is 0 Å². The summed E-state index contributed by atoms with van der Waals surface area (Å²) in [4.78, 5) is 15.5. The highest BCUT2D eigenvalue weighted by molar-refractivity contribution is 5.78. The fourth-order valence-corrected chi connectivity index (χ4v) is 1.62. The fraction of sp³-hybridized carbons (Fsp3) is 0.667. The van der Waals surface area contributed by atoms with Crippen LogP contribution in [0.15, 0.2) is 18.7 Å². The number of hydrogen-bond donors (Lipinski definition) is 2. The quantitative estimate of drug-likeness (QED) is 0.653. The Bertz CT molecular complexity index is 310. The Morgan fingerprint density at radius 2 is 2.29 bits per heavy atom. The molecular weight excluding hydrogens is 216 g/mol. The van der Waals surface area contributed by atoms with Gasteiger partial charge in [0, 0.05) is 37.9 Å². The zero-order valence-electron chi connectivity index (χ0n) is 10.6. The SMILES string of the molecule is CNCC(C)C(=O)NCCCCn1ccnc1. The van der Waals surface area contributed by atoms with Crippen molar-refractivity contribution in [1.29, 1.82) is 0 Å². The molecule has 0 aliphatic carbocycles. The van der Waals surface area contributed by atoms with E-state index in [1.165, 1.54) is 0 Å². The summed E-state index contributed by atoms with van der Waals surface area (Å²) in [5.41, 5.74) is 0. The van der Waals surface area contributed by atoms with Crippen LogP contribution in [0, 0.1) is 5.92 Å². The van der Waals surface area contributed by atoms with Gasteiger partial charge >= 0.3 is 0 Å². The average molecular weight is 238 g/mol. The van der Waals surface area contributed by atoms with Gasteiger partial charge in [0.1, 0.15) is 0 Å². The molecule has 0 aliphatic heterocycles. The van der Waals surface area contributed by atoms with E-state index in [1.807, 2.05) is 31.1 Å². The Hall–Kier alpha value is -1.36. The van der Waals surface area contributed by atoms with Crippen LogP contribution in [-0.4, -0.2) is 35.6 Å². The molecule has 17 heavy (non-hydrogen) atoms. The largest absolute Gasteiger partial charge is 0.356 e. The summed E-state index contributed by atoms with van der Waals surface area (Å²) in [5, 5.41) is 5.94. The molecule has 5 nitrogen and oxygen atoms in total. The van der Waals surface area contributed by atoms with Crippen LogP contribution in [-0.2, 0) is 11.3 Å². The van der Waals surface area contributed by atoms with Gasteiger partial charge in [-0.25, -0.2) is 4.98 Å². The molecule has 0 radical (unpaired) electrons. The molecule has 1 aromatic heterocycles. The first-order valence-electron chi connectivity index (χ1n) is 6.12. The van der Waals surface area contributed by atoms with Crippen molar-refractivity contribution in [3.05, 3.63) is 18.7 Å². The van der Waals surface area contributed by atoms with Crippen molar-refractivity contribution >= 4 is 5.91 Å². The molecule has 1 atom stereocenters. The molecular formula is C12H22N4O. The van der Waals surface area contributed by atoms with E-state index < -0.39 is 0 Å². The molecule has 0 saturated heterocycles. The van der Waals surface area contributed by atoms with Gasteiger partial charge in [0.05, 0.1) is 6.33 Å². The highest BCUT2D eigenvalue weighted by atomic mass is 16.1. The summed E-state index contributed by atoms with van der Waals surface area (Å²) in [6, 6.07) is 0.